The van der Waals surface area contributed by atoms with E-state index in [4.69, 9.17) is 14.9 Å². The van der Waals surface area contributed by atoms with Gasteiger partial charge in [-0.1, -0.05) is 0 Å². The van der Waals surface area contributed by atoms with Crippen molar-refractivity contribution in [2.45, 2.75) is 31.6 Å². The zero-order chi connectivity index (χ0) is 10.5. The van der Waals surface area contributed by atoms with Crippen LogP contribution in [0.15, 0.2) is 10.6 Å². The molecule has 0 amide bonds. The maximum absolute atomic E-state index is 5.68. The number of nitrogens with zero attached hydrogens (tertiary/aromatic N) is 1. The highest BCUT2D eigenvalue weighted by Gasteiger charge is 2.19. The van der Waals surface area contributed by atoms with Gasteiger partial charge in [-0.2, -0.15) is 0 Å². The van der Waals surface area contributed by atoms with Gasteiger partial charge in [0, 0.05) is 18.9 Å². The predicted molar refractivity (Wildman–Crippen MR) is 56.7 cm³/mol. The SMILES string of the molecule is NCCCc1ncc(C2CCCOC2)o1. The number of oxazole rings is 1. The van der Waals surface area contributed by atoms with Gasteiger partial charge in [0.1, 0.15) is 5.76 Å². The average molecular weight is 210 g/mol. The number of hydrogen-bond acceptors (Lipinski definition) is 4. The van der Waals surface area contributed by atoms with E-state index in [1.165, 1.54) is 0 Å². The van der Waals surface area contributed by atoms with Gasteiger partial charge in [-0.25, -0.2) is 4.98 Å². The monoisotopic (exact) mass is 210 g/mol. The summed E-state index contributed by atoms with van der Waals surface area (Å²) >= 11 is 0. The fraction of sp³-hybridized carbons (Fsp3) is 0.727. The second-order valence-electron chi connectivity index (χ2n) is 3.96. The van der Waals surface area contributed by atoms with Crippen LogP contribution in [0.25, 0.3) is 0 Å². The van der Waals surface area contributed by atoms with Crippen LogP contribution >= 0.6 is 0 Å². The molecule has 0 spiro atoms. The zero-order valence-electron chi connectivity index (χ0n) is 8.95. The third-order valence-corrected chi connectivity index (χ3v) is 2.73. The second-order valence-corrected chi connectivity index (χ2v) is 3.96. The van der Waals surface area contributed by atoms with Crippen molar-refractivity contribution < 1.29 is 9.15 Å². The van der Waals surface area contributed by atoms with Crippen molar-refractivity contribution >= 4 is 0 Å². The third kappa shape index (κ3) is 2.79. The molecule has 1 aliphatic rings. The molecular formula is C11H18N2O2. The minimum absolute atomic E-state index is 0.401. The van der Waals surface area contributed by atoms with E-state index in [0.717, 1.165) is 50.5 Å². The maximum Gasteiger partial charge on any atom is 0.194 e. The highest BCUT2D eigenvalue weighted by atomic mass is 16.5. The molecule has 2 rings (SSSR count). The number of nitrogens with two attached hydrogens (primary N) is 1. The standard InChI is InChI=1S/C11H18N2O2/c12-5-1-4-11-13-7-10(15-11)9-3-2-6-14-8-9/h7,9H,1-6,8,12H2. The Morgan fingerprint density at radius 1 is 1.53 bits per heavy atom. The van der Waals surface area contributed by atoms with Crippen LogP contribution in [0.1, 0.15) is 36.8 Å². The zero-order valence-corrected chi connectivity index (χ0v) is 8.95. The molecule has 0 saturated carbocycles. The van der Waals surface area contributed by atoms with Crippen LogP contribution in [0.3, 0.4) is 0 Å². The van der Waals surface area contributed by atoms with Crippen LogP contribution in [0, 0.1) is 0 Å². The minimum atomic E-state index is 0.401. The quantitative estimate of drug-likeness (QED) is 0.817. The fourth-order valence-electron chi connectivity index (χ4n) is 1.85. The van der Waals surface area contributed by atoms with Gasteiger partial charge >= 0.3 is 0 Å². The molecule has 1 aromatic rings. The lowest BCUT2D eigenvalue weighted by Gasteiger charge is -2.19. The van der Waals surface area contributed by atoms with E-state index < -0.39 is 0 Å². The molecular weight excluding hydrogens is 192 g/mol. The molecule has 2 N–H and O–H groups in total. The highest BCUT2D eigenvalue weighted by Crippen LogP contribution is 2.25. The summed E-state index contributed by atoms with van der Waals surface area (Å²) < 4.78 is 11.1. The van der Waals surface area contributed by atoms with Gasteiger partial charge in [0.05, 0.1) is 12.8 Å². The van der Waals surface area contributed by atoms with Crippen molar-refractivity contribution in [1.29, 1.82) is 0 Å². The van der Waals surface area contributed by atoms with Gasteiger partial charge in [0.15, 0.2) is 5.89 Å². The smallest absolute Gasteiger partial charge is 0.194 e. The summed E-state index contributed by atoms with van der Waals surface area (Å²) in [5.74, 6) is 2.18. The van der Waals surface area contributed by atoms with Crippen molar-refractivity contribution in [3.8, 4) is 0 Å². The van der Waals surface area contributed by atoms with E-state index in [-0.39, 0.29) is 0 Å². The maximum atomic E-state index is 5.68. The van der Waals surface area contributed by atoms with E-state index in [1.807, 2.05) is 6.20 Å². The Labute approximate surface area is 89.8 Å². The van der Waals surface area contributed by atoms with Gasteiger partial charge in [-0.3, -0.25) is 0 Å². The van der Waals surface area contributed by atoms with Crippen LogP contribution in [-0.2, 0) is 11.2 Å². The van der Waals surface area contributed by atoms with Gasteiger partial charge in [-0.15, -0.1) is 0 Å². The molecule has 0 aromatic carbocycles. The molecule has 1 unspecified atom stereocenters. The lowest BCUT2D eigenvalue weighted by atomic mass is 10.0. The van der Waals surface area contributed by atoms with E-state index in [1.54, 1.807) is 0 Å². The van der Waals surface area contributed by atoms with Crippen molar-refractivity contribution in [1.82, 2.24) is 4.98 Å². The lowest BCUT2D eigenvalue weighted by molar-refractivity contribution is 0.0738. The lowest BCUT2D eigenvalue weighted by Crippen LogP contribution is -2.14. The van der Waals surface area contributed by atoms with Crippen molar-refractivity contribution in [3.05, 3.63) is 17.8 Å². The van der Waals surface area contributed by atoms with Crippen LogP contribution in [0.2, 0.25) is 0 Å². The molecule has 4 nitrogen and oxygen atoms in total. The summed E-state index contributed by atoms with van der Waals surface area (Å²) in [6.45, 7) is 2.33. The molecule has 2 heterocycles. The molecule has 4 heteroatoms. The molecule has 0 aliphatic carbocycles. The predicted octanol–water partition coefficient (Wildman–Crippen LogP) is 1.46. The van der Waals surface area contributed by atoms with E-state index in [9.17, 15) is 0 Å². The average Bonchev–Trinajstić information content (AvgIpc) is 2.76. The molecule has 1 aliphatic heterocycles. The van der Waals surface area contributed by atoms with Crippen LogP contribution < -0.4 is 5.73 Å². The normalized spacial score (nSPS) is 21.8. The fourth-order valence-corrected chi connectivity index (χ4v) is 1.85. The third-order valence-electron chi connectivity index (χ3n) is 2.73. The van der Waals surface area contributed by atoms with Gasteiger partial charge < -0.3 is 14.9 Å². The number of hydrogen-bond donors (Lipinski definition) is 1. The summed E-state index contributed by atoms with van der Waals surface area (Å²) in [7, 11) is 0. The summed E-state index contributed by atoms with van der Waals surface area (Å²) in [5.41, 5.74) is 5.44. The minimum Gasteiger partial charge on any atom is -0.445 e. The number of rotatable bonds is 4. The van der Waals surface area contributed by atoms with Crippen LogP contribution in [0.5, 0.6) is 0 Å². The first kappa shape index (κ1) is 10.6. The van der Waals surface area contributed by atoms with E-state index >= 15 is 0 Å². The molecule has 1 aromatic heterocycles. The Morgan fingerprint density at radius 2 is 2.47 bits per heavy atom. The van der Waals surface area contributed by atoms with Gasteiger partial charge in [-0.05, 0) is 25.8 Å². The van der Waals surface area contributed by atoms with Crippen LogP contribution in [-0.4, -0.2) is 24.7 Å². The molecule has 0 bridgehead atoms. The largest absolute Gasteiger partial charge is 0.445 e. The summed E-state index contributed by atoms with van der Waals surface area (Å²) in [4.78, 5) is 4.25. The number of aryl methyl sites for hydroxylation is 1. The highest BCUT2D eigenvalue weighted by molar-refractivity contribution is 5.03. The first-order chi connectivity index (χ1) is 7.40. The van der Waals surface area contributed by atoms with Crippen molar-refractivity contribution in [2.24, 2.45) is 5.73 Å². The summed E-state index contributed by atoms with van der Waals surface area (Å²) in [5, 5.41) is 0. The molecule has 15 heavy (non-hydrogen) atoms. The van der Waals surface area contributed by atoms with E-state index in [0.29, 0.717) is 12.5 Å². The number of aromatic nitrogens is 1. The summed E-state index contributed by atoms with van der Waals surface area (Å²) in [6.07, 6.45) is 5.87. The number of ether oxygens (including phenoxy) is 1. The molecule has 84 valence electrons. The first-order valence-electron chi connectivity index (χ1n) is 5.62. The topological polar surface area (TPSA) is 61.3 Å². The Morgan fingerprint density at radius 3 is 3.20 bits per heavy atom. The molecule has 0 radical (unpaired) electrons. The van der Waals surface area contributed by atoms with Crippen molar-refractivity contribution in [2.75, 3.05) is 19.8 Å². The van der Waals surface area contributed by atoms with Crippen molar-refractivity contribution in [3.63, 3.8) is 0 Å². The molecule has 1 atom stereocenters. The van der Waals surface area contributed by atoms with Gasteiger partial charge in [0.25, 0.3) is 0 Å². The Bertz CT molecular complexity index is 293. The Kier molecular flexibility index (Phi) is 3.75. The summed E-state index contributed by atoms with van der Waals surface area (Å²) in [6, 6.07) is 0. The van der Waals surface area contributed by atoms with E-state index in [2.05, 4.69) is 4.98 Å². The Hall–Kier alpha value is -0.870. The van der Waals surface area contributed by atoms with Crippen LogP contribution in [0.4, 0.5) is 0 Å². The Balaban J connectivity index is 1.93. The molecule has 1 saturated heterocycles. The second kappa shape index (κ2) is 5.28. The van der Waals surface area contributed by atoms with Gasteiger partial charge in [0.2, 0.25) is 0 Å². The molecule has 1 fully saturated rings. The first-order valence-corrected chi connectivity index (χ1v) is 5.62.